The van der Waals surface area contributed by atoms with Crippen molar-refractivity contribution >= 4 is 50.2 Å². The Balaban J connectivity index is 1.66. The monoisotopic (exact) mass is 607 g/mol. The first-order chi connectivity index (χ1) is 21.7. The molecule has 46 heavy (non-hydrogen) atoms. The largest absolute Gasteiger partial charge is 0.298 e. The zero-order valence-electron chi connectivity index (χ0n) is 29.2. The van der Waals surface area contributed by atoms with Crippen LogP contribution in [0.1, 0.15) is 81.0 Å². The minimum atomic E-state index is -0.0922. The minimum Gasteiger partial charge on any atom is -0.298 e. The van der Waals surface area contributed by atoms with E-state index in [0.717, 1.165) is 50.8 Å². The molecule has 0 bridgehead atoms. The van der Waals surface area contributed by atoms with Crippen molar-refractivity contribution in [3.63, 3.8) is 0 Å². The van der Waals surface area contributed by atoms with Gasteiger partial charge >= 0.3 is 0 Å². The van der Waals surface area contributed by atoms with Crippen LogP contribution >= 0.6 is 0 Å². The molecule has 0 spiro atoms. The van der Waals surface area contributed by atoms with Crippen LogP contribution in [0.25, 0.3) is 32.8 Å². The number of imidazole rings is 2. The molecule has 234 valence electrons. The van der Waals surface area contributed by atoms with E-state index in [9.17, 15) is 0 Å². The molecule has 0 saturated heterocycles. The smallest absolute Gasteiger partial charge is 0.161 e. The van der Waals surface area contributed by atoms with Gasteiger partial charge < -0.3 is 0 Å². The fourth-order valence-corrected chi connectivity index (χ4v) is 7.37. The van der Waals surface area contributed by atoms with Crippen LogP contribution in [0.15, 0.2) is 72.8 Å². The normalized spacial score (nSPS) is 12.7. The molecular formula is C41H45N5. The lowest BCUT2D eigenvalue weighted by Gasteiger charge is -2.27. The van der Waals surface area contributed by atoms with Gasteiger partial charge in [0.05, 0.1) is 17.1 Å². The lowest BCUT2D eigenvalue weighted by Crippen LogP contribution is -2.19. The van der Waals surface area contributed by atoms with E-state index in [1.165, 1.54) is 38.9 Å². The highest BCUT2D eigenvalue weighted by Gasteiger charge is 2.31. The number of hydrogen-bond donors (Lipinski definition) is 0. The Labute approximate surface area is 272 Å². The number of aryl methyl sites for hydroxylation is 5. The maximum absolute atomic E-state index is 5.56. The van der Waals surface area contributed by atoms with Crippen molar-refractivity contribution in [3.05, 3.63) is 112 Å². The Morgan fingerprint density at radius 3 is 1.33 bits per heavy atom. The topological polar surface area (TPSA) is 37.8 Å². The third kappa shape index (κ3) is 4.51. The first kappa shape index (κ1) is 30.0. The van der Waals surface area contributed by atoms with Crippen LogP contribution in [0.2, 0.25) is 0 Å². The average molecular weight is 608 g/mol. The van der Waals surface area contributed by atoms with Gasteiger partial charge in [-0.15, -0.1) is 0 Å². The zero-order valence-corrected chi connectivity index (χ0v) is 29.2. The van der Waals surface area contributed by atoms with E-state index in [-0.39, 0.29) is 10.8 Å². The molecule has 0 fully saturated rings. The number of aromatic nitrogens is 4. The van der Waals surface area contributed by atoms with E-state index in [0.29, 0.717) is 0 Å². The molecule has 5 nitrogen and oxygen atoms in total. The predicted octanol–water partition coefficient (Wildman–Crippen LogP) is 10.9. The van der Waals surface area contributed by atoms with Gasteiger partial charge in [-0.1, -0.05) is 108 Å². The van der Waals surface area contributed by atoms with E-state index >= 15 is 0 Å². The molecule has 0 aliphatic heterocycles. The maximum Gasteiger partial charge on any atom is 0.161 e. The number of benzene rings is 3. The second-order valence-electron chi connectivity index (χ2n) is 15.2. The first-order valence-electron chi connectivity index (χ1n) is 16.4. The van der Waals surface area contributed by atoms with Crippen molar-refractivity contribution < 1.29 is 0 Å². The summed E-state index contributed by atoms with van der Waals surface area (Å²) in [5.74, 6) is 1.81. The summed E-state index contributed by atoms with van der Waals surface area (Å²) >= 11 is 0. The van der Waals surface area contributed by atoms with Gasteiger partial charge in [0.25, 0.3) is 0 Å². The van der Waals surface area contributed by atoms with E-state index in [1.54, 1.807) is 0 Å². The third-order valence-electron chi connectivity index (χ3n) is 9.45. The molecule has 7 aromatic rings. The Kier molecular flexibility index (Phi) is 6.65. The molecule has 5 heteroatoms. The Morgan fingerprint density at radius 1 is 0.543 bits per heavy atom. The van der Waals surface area contributed by atoms with E-state index in [1.807, 2.05) is 0 Å². The van der Waals surface area contributed by atoms with Gasteiger partial charge in [0.2, 0.25) is 0 Å². The Bertz CT molecular complexity index is 2180. The summed E-state index contributed by atoms with van der Waals surface area (Å²) in [5, 5.41) is 4.71. The molecule has 4 heterocycles. The molecule has 0 aliphatic rings. The van der Waals surface area contributed by atoms with Gasteiger partial charge in [-0.3, -0.25) is 13.7 Å². The highest BCUT2D eigenvalue weighted by Crippen LogP contribution is 2.44. The van der Waals surface area contributed by atoms with Crippen molar-refractivity contribution in [1.82, 2.24) is 18.8 Å². The Morgan fingerprint density at radius 2 is 0.935 bits per heavy atom. The van der Waals surface area contributed by atoms with Crippen LogP contribution in [0.5, 0.6) is 0 Å². The minimum absolute atomic E-state index is 0.0922. The zero-order chi connectivity index (χ0) is 32.9. The number of fused-ring (bicyclic) bond motifs is 6. The van der Waals surface area contributed by atoms with Gasteiger partial charge in [-0.05, 0) is 68.7 Å². The molecule has 3 aromatic carbocycles. The lowest BCUT2D eigenvalue weighted by molar-refractivity contribution is 0.560. The highest BCUT2D eigenvalue weighted by atomic mass is 15.3. The molecular weight excluding hydrogens is 562 g/mol. The van der Waals surface area contributed by atoms with E-state index in [4.69, 9.17) is 9.97 Å². The SMILES string of the molecule is Cc1cc(C)c(N(c2nc3c4ccccc4cc(C(C)(C)C)n3c2C)c2nc3c4ccccc4cc(C(C)(C)C)n3c2C)c(C)c1. The van der Waals surface area contributed by atoms with E-state index < -0.39 is 0 Å². The molecule has 0 unspecified atom stereocenters. The second kappa shape index (κ2) is 10.2. The number of nitrogens with zero attached hydrogens (tertiary/aromatic N) is 5. The van der Waals surface area contributed by atoms with Crippen molar-refractivity contribution in [2.75, 3.05) is 4.90 Å². The van der Waals surface area contributed by atoms with Crippen molar-refractivity contribution in [1.29, 1.82) is 0 Å². The van der Waals surface area contributed by atoms with E-state index in [2.05, 4.69) is 163 Å². The predicted molar refractivity (Wildman–Crippen MR) is 195 cm³/mol. The molecule has 0 radical (unpaired) electrons. The summed E-state index contributed by atoms with van der Waals surface area (Å²) in [6, 6.07) is 26.5. The maximum atomic E-state index is 5.56. The third-order valence-corrected chi connectivity index (χ3v) is 9.45. The number of hydrogen-bond acceptors (Lipinski definition) is 3. The second-order valence-corrected chi connectivity index (χ2v) is 15.2. The molecule has 0 saturated carbocycles. The van der Waals surface area contributed by atoms with Gasteiger partial charge in [-0.25, -0.2) is 9.97 Å². The quantitative estimate of drug-likeness (QED) is 0.201. The van der Waals surface area contributed by atoms with Crippen LogP contribution in [0.4, 0.5) is 17.3 Å². The van der Waals surface area contributed by atoms with Gasteiger partial charge in [0.1, 0.15) is 11.3 Å². The van der Waals surface area contributed by atoms with Crippen molar-refractivity contribution in [3.8, 4) is 0 Å². The lowest BCUT2D eigenvalue weighted by atomic mass is 9.90. The van der Waals surface area contributed by atoms with Gasteiger partial charge in [-0.2, -0.15) is 0 Å². The number of pyridine rings is 2. The summed E-state index contributed by atoms with van der Waals surface area (Å²) in [7, 11) is 0. The van der Waals surface area contributed by atoms with Gasteiger partial charge in [0.15, 0.2) is 11.6 Å². The first-order valence-corrected chi connectivity index (χ1v) is 16.4. The fourth-order valence-electron chi connectivity index (χ4n) is 7.37. The molecule has 4 aromatic heterocycles. The van der Waals surface area contributed by atoms with Crippen LogP contribution in [-0.2, 0) is 10.8 Å². The number of rotatable bonds is 3. The summed E-state index contributed by atoms with van der Waals surface area (Å²) in [5.41, 5.74) is 11.2. The molecule has 0 aliphatic carbocycles. The van der Waals surface area contributed by atoms with Crippen LogP contribution < -0.4 is 4.90 Å². The standard InChI is InChI=1S/C41H45N5/c1-24-20-25(2)35(26(3)21-24)46(36-27(4)44-33(40(6,7)8)22-29-16-12-14-18-31(29)38(44)42-36)37-28(5)45-34(41(9,10)11)23-30-17-13-15-19-32(30)39(45)43-37/h12-23H,1-11H3. The summed E-state index contributed by atoms with van der Waals surface area (Å²) in [6.07, 6.45) is 0. The van der Waals surface area contributed by atoms with Gasteiger partial charge in [0, 0.05) is 33.0 Å². The highest BCUT2D eigenvalue weighted by molar-refractivity contribution is 5.98. The summed E-state index contributed by atoms with van der Waals surface area (Å²) < 4.78 is 4.76. The van der Waals surface area contributed by atoms with Crippen molar-refractivity contribution in [2.24, 2.45) is 0 Å². The summed E-state index contributed by atoms with van der Waals surface area (Å²) in [6.45, 7) is 24.7. The summed E-state index contributed by atoms with van der Waals surface area (Å²) in [4.78, 5) is 13.5. The van der Waals surface area contributed by atoms with Crippen LogP contribution in [0.3, 0.4) is 0 Å². The van der Waals surface area contributed by atoms with Crippen LogP contribution in [-0.4, -0.2) is 18.8 Å². The van der Waals surface area contributed by atoms with Crippen LogP contribution in [0, 0.1) is 34.6 Å². The average Bonchev–Trinajstić information content (AvgIpc) is 3.50. The Hall–Kier alpha value is -4.64. The van der Waals surface area contributed by atoms with Crippen molar-refractivity contribution in [2.45, 2.75) is 87.0 Å². The fraction of sp³-hybridized carbons (Fsp3) is 0.317. The molecule has 7 rings (SSSR count). The molecule has 0 amide bonds. The molecule has 0 N–H and O–H groups in total. The molecule has 0 atom stereocenters. The number of anilines is 3.